The van der Waals surface area contributed by atoms with Gasteiger partial charge in [-0.05, 0) is 26.3 Å². The summed E-state index contributed by atoms with van der Waals surface area (Å²) in [4.78, 5) is 11.4. The maximum atomic E-state index is 11.4. The second-order valence-electron chi connectivity index (χ2n) is 5.15. The van der Waals surface area contributed by atoms with Gasteiger partial charge in [-0.1, -0.05) is 32.6 Å². The summed E-state index contributed by atoms with van der Waals surface area (Å²) in [7, 11) is 0. The first-order valence-corrected chi connectivity index (χ1v) is 6.75. The number of hydrogen-bond acceptors (Lipinski definition) is 3. The van der Waals surface area contributed by atoms with Gasteiger partial charge < -0.3 is 15.8 Å². The SMILES string of the molecule is CCNC(C)(COC1CCCCCC1)C(N)=O. The molecule has 0 aromatic heterocycles. The molecule has 0 spiro atoms. The van der Waals surface area contributed by atoms with Crippen molar-refractivity contribution in [3.63, 3.8) is 0 Å². The molecule has 0 aliphatic heterocycles. The Morgan fingerprint density at radius 3 is 2.41 bits per heavy atom. The van der Waals surface area contributed by atoms with Crippen LogP contribution >= 0.6 is 0 Å². The number of nitrogens with one attached hydrogen (secondary N) is 1. The van der Waals surface area contributed by atoms with E-state index in [-0.39, 0.29) is 5.91 Å². The molecular weight excluding hydrogens is 216 g/mol. The van der Waals surface area contributed by atoms with Crippen LogP contribution in [0, 0.1) is 0 Å². The molecule has 1 aliphatic rings. The van der Waals surface area contributed by atoms with E-state index in [9.17, 15) is 4.79 Å². The molecule has 1 rings (SSSR count). The molecule has 1 amide bonds. The molecule has 4 heteroatoms. The minimum Gasteiger partial charge on any atom is -0.376 e. The molecule has 1 unspecified atom stereocenters. The zero-order valence-corrected chi connectivity index (χ0v) is 11.1. The first-order valence-electron chi connectivity index (χ1n) is 6.75. The molecule has 1 fully saturated rings. The van der Waals surface area contributed by atoms with E-state index >= 15 is 0 Å². The van der Waals surface area contributed by atoms with Crippen molar-refractivity contribution in [3.05, 3.63) is 0 Å². The largest absolute Gasteiger partial charge is 0.376 e. The van der Waals surface area contributed by atoms with Gasteiger partial charge in [0.1, 0.15) is 5.54 Å². The van der Waals surface area contributed by atoms with Gasteiger partial charge >= 0.3 is 0 Å². The standard InChI is InChI=1S/C13H26N2O2/c1-3-15-13(2,12(14)16)10-17-11-8-6-4-5-7-9-11/h11,15H,3-10H2,1-2H3,(H2,14,16). The van der Waals surface area contributed by atoms with Crippen molar-refractivity contribution >= 4 is 5.91 Å². The summed E-state index contributed by atoms with van der Waals surface area (Å²) >= 11 is 0. The number of amides is 1. The van der Waals surface area contributed by atoms with Crippen LogP contribution in [0.3, 0.4) is 0 Å². The van der Waals surface area contributed by atoms with Crippen LogP contribution in [0.2, 0.25) is 0 Å². The van der Waals surface area contributed by atoms with Gasteiger partial charge in [-0.3, -0.25) is 4.79 Å². The van der Waals surface area contributed by atoms with E-state index in [2.05, 4.69) is 5.32 Å². The Morgan fingerprint density at radius 1 is 1.35 bits per heavy atom. The quantitative estimate of drug-likeness (QED) is 0.695. The highest BCUT2D eigenvalue weighted by Crippen LogP contribution is 2.20. The van der Waals surface area contributed by atoms with Gasteiger partial charge in [-0.2, -0.15) is 0 Å². The minimum absolute atomic E-state index is 0.301. The third-order valence-corrected chi connectivity index (χ3v) is 3.52. The van der Waals surface area contributed by atoms with Crippen molar-refractivity contribution in [2.24, 2.45) is 5.73 Å². The topological polar surface area (TPSA) is 64.3 Å². The fourth-order valence-electron chi connectivity index (χ4n) is 2.29. The number of hydrogen-bond donors (Lipinski definition) is 2. The number of carbonyl (C=O) groups excluding carboxylic acids is 1. The fourth-order valence-corrected chi connectivity index (χ4v) is 2.29. The maximum absolute atomic E-state index is 11.4. The molecule has 0 heterocycles. The summed E-state index contributed by atoms with van der Waals surface area (Å²) in [5.41, 5.74) is 4.69. The van der Waals surface area contributed by atoms with E-state index in [1.165, 1.54) is 25.7 Å². The monoisotopic (exact) mass is 242 g/mol. The van der Waals surface area contributed by atoms with Crippen LogP contribution in [0.4, 0.5) is 0 Å². The van der Waals surface area contributed by atoms with Crippen molar-refractivity contribution in [3.8, 4) is 0 Å². The second kappa shape index (κ2) is 6.97. The molecule has 3 N–H and O–H groups in total. The highest BCUT2D eigenvalue weighted by Gasteiger charge is 2.31. The van der Waals surface area contributed by atoms with Crippen molar-refractivity contribution in [2.45, 2.75) is 64.0 Å². The minimum atomic E-state index is -0.735. The Morgan fingerprint density at radius 2 is 1.94 bits per heavy atom. The van der Waals surface area contributed by atoms with Crippen LogP contribution in [0.25, 0.3) is 0 Å². The molecule has 0 aromatic rings. The first-order chi connectivity index (χ1) is 8.08. The Labute approximate surface area is 104 Å². The Hall–Kier alpha value is -0.610. The Bertz CT molecular complexity index is 238. The van der Waals surface area contributed by atoms with E-state index < -0.39 is 5.54 Å². The number of carbonyl (C=O) groups is 1. The smallest absolute Gasteiger partial charge is 0.239 e. The van der Waals surface area contributed by atoms with Crippen LogP contribution in [0.1, 0.15) is 52.4 Å². The lowest BCUT2D eigenvalue weighted by molar-refractivity contribution is -0.127. The lowest BCUT2D eigenvalue weighted by Crippen LogP contribution is -2.56. The van der Waals surface area contributed by atoms with Gasteiger partial charge in [-0.25, -0.2) is 0 Å². The predicted molar refractivity (Wildman–Crippen MR) is 68.7 cm³/mol. The van der Waals surface area contributed by atoms with Crippen molar-refractivity contribution < 1.29 is 9.53 Å². The zero-order valence-electron chi connectivity index (χ0n) is 11.1. The van der Waals surface area contributed by atoms with Gasteiger partial charge in [0.15, 0.2) is 0 Å². The van der Waals surface area contributed by atoms with Crippen LogP contribution in [0.5, 0.6) is 0 Å². The third kappa shape index (κ3) is 4.64. The van der Waals surface area contributed by atoms with E-state index in [1.54, 1.807) is 0 Å². The molecule has 0 bridgehead atoms. The molecule has 1 saturated carbocycles. The summed E-state index contributed by atoms with van der Waals surface area (Å²) in [5, 5.41) is 3.11. The lowest BCUT2D eigenvalue weighted by Gasteiger charge is -2.29. The summed E-state index contributed by atoms with van der Waals surface area (Å²) in [6.07, 6.45) is 7.61. The van der Waals surface area contributed by atoms with Gasteiger partial charge in [0.25, 0.3) is 0 Å². The van der Waals surface area contributed by atoms with Gasteiger partial charge in [0, 0.05) is 0 Å². The van der Waals surface area contributed by atoms with Gasteiger partial charge in [0.05, 0.1) is 12.7 Å². The molecule has 1 atom stereocenters. The van der Waals surface area contributed by atoms with Crippen LogP contribution in [-0.2, 0) is 9.53 Å². The molecule has 100 valence electrons. The molecule has 0 saturated heterocycles. The third-order valence-electron chi connectivity index (χ3n) is 3.52. The highest BCUT2D eigenvalue weighted by atomic mass is 16.5. The number of primary amides is 1. The zero-order chi connectivity index (χ0) is 12.7. The molecule has 4 nitrogen and oxygen atoms in total. The van der Waals surface area contributed by atoms with Gasteiger partial charge in [-0.15, -0.1) is 0 Å². The number of rotatable bonds is 6. The van der Waals surface area contributed by atoms with E-state index in [1.807, 2.05) is 13.8 Å². The second-order valence-corrected chi connectivity index (χ2v) is 5.15. The average molecular weight is 242 g/mol. The molecule has 1 aliphatic carbocycles. The molecular formula is C13H26N2O2. The fraction of sp³-hybridized carbons (Fsp3) is 0.923. The molecule has 0 aromatic carbocycles. The van der Waals surface area contributed by atoms with E-state index in [0.717, 1.165) is 12.8 Å². The van der Waals surface area contributed by atoms with E-state index in [0.29, 0.717) is 19.3 Å². The first kappa shape index (κ1) is 14.5. The molecule has 0 radical (unpaired) electrons. The summed E-state index contributed by atoms with van der Waals surface area (Å²) in [6, 6.07) is 0. The number of ether oxygens (including phenoxy) is 1. The maximum Gasteiger partial charge on any atom is 0.239 e. The van der Waals surface area contributed by atoms with Crippen LogP contribution in [-0.4, -0.2) is 30.7 Å². The summed E-state index contributed by atoms with van der Waals surface area (Å²) in [5.74, 6) is -0.340. The van der Waals surface area contributed by atoms with Crippen molar-refractivity contribution in [1.29, 1.82) is 0 Å². The van der Waals surface area contributed by atoms with Crippen LogP contribution in [0.15, 0.2) is 0 Å². The number of likely N-dealkylation sites (N-methyl/N-ethyl adjacent to an activating group) is 1. The van der Waals surface area contributed by atoms with Gasteiger partial charge in [0.2, 0.25) is 5.91 Å². The summed E-state index contributed by atoms with van der Waals surface area (Å²) in [6.45, 7) is 4.87. The lowest BCUT2D eigenvalue weighted by atomic mass is 10.0. The van der Waals surface area contributed by atoms with E-state index in [4.69, 9.17) is 10.5 Å². The summed E-state index contributed by atoms with van der Waals surface area (Å²) < 4.78 is 5.88. The normalized spacial score (nSPS) is 21.8. The molecule has 17 heavy (non-hydrogen) atoms. The average Bonchev–Trinajstić information content (AvgIpc) is 2.55. The Kier molecular flexibility index (Phi) is 5.92. The predicted octanol–water partition coefficient (Wildman–Crippen LogP) is 1.58. The van der Waals surface area contributed by atoms with Crippen molar-refractivity contribution in [2.75, 3.05) is 13.2 Å². The number of nitrogens with two attached hydrogens (primary N) is 1. The van der Waals surface area contributed by atoms with Crippen LogP contribution < -0.4 is 11.1 Å². The Balaban J connectivity index is 2.42. The van der Waals surface area contributed by atoms with Crippen molar-refractivity contribution in [1.82, 2.24) is 5.32 Å². The highest BCUT2D eigenvalue weighted by molar-refractivity contribution is 5.84.